The normalized spacial score (nSPS) is 33.4. The highest BCUT2D eigenvalue weighted by Crippen LogP contribution is 2.30. The van der Waals surface area contributed by atoms with Crippen LogP contribution < -0.4 is 5.32 Å². The van der Waals surface area contributed by atoms with Gasteiger partial charge < -0.3 is 15.5 Å². The Kier molecular flexibility index (Phi) is 3.30. The highest BCUT2D eigenvalue weighted by Gasteiger charge is 2.46. The average molecular weight is 214 g/mol. The van der Waals surface area contributed by atoms with E-state index in [1.807, 2.05) is 6.92 Å². The van der Waals surface area contributed by atoms with Gasteiger partial charge in [-0.05, 0) is 26.3 Å². The van der Waals surface area contributed by atoms with Gasteiger partial charge >= 0.3 is 0 Å². The third kappa shape index (κ3) is 2.04. The molecule has 2 atom stereocenters. The van der Waals surface area contributed by atoms with Crippen LogP contribution in [0.5, 0.6) is 0 Å². The average Bonchev–Trinajstić information content (AvgIpc) is 2.25. The van der Waals surface area contributed by atoms with Gasteiger partial charge in [-0.25, -0.2) is 0 Å². The van der Waals surface area contributed by atoms with Crippen molar-refractivity contribution in [3.05, 3.63) is 0 Å². The molecule has 4 nitrogen and oxygen atoms in total. The highest BCUT2D eigenvalue weighted by molar-refractivity contribution is 5.04. The van der Waals surface area contributed by atoms with Gasteiger partial charge in [-0.3, -0.25) is 4.90 Å². The molecule has 0 saturated carbocycles. The van der Waals surface area contributed by atoms with Crippen molar-refractivity contribution in [1.29, 1.82) is 0 Å². The van der Waals surface area contributed by atoms with Crippen LogP contribution in [-0.2, 0) is 0 Å². The fourth-order valence-electron chi connectivity index (χ4n) is 2.78. The van der Waals surface area contributed by atoms with Crippen LogP contribution in [0.3, 0.4) is 0 Å². The minimum atomic E-state index is -0.552. The number of nitrogens with zero attached hydrogens (tertiary/aromatic N) is 1. The summed E-state index contributed by atoms with van der Waals surface area (Å²) in [6.07, 6.45) is 3.44. The molecule has 0 amide bonds. The number of β-amino-alcohol motifs (C(OH)–C–C–N with tert-alkyl or cyclic N) is 1. The number of likely N-dealkylation sites (tertiary alicyclic amines) is 1. The predicted molar refractivity (Wildman–Crippen MR) is 58.7 cm³/mol. The van der Waals surface area contributed by atoms with Gasteiger partial charge in [-0.2, -0.15) is 0 Å². The topological polar surface area (TPSA) is 55.7 Å². The summed E-state index contributed by atoms with van der Waals surface area (Å²) in [5.74, 6) is 0. The summed E-state index contributed by atoms with van der Waals surface area (Å²) in [6.45, 7) is 4.63. The second kappa shape index (κ2) is 4.37. The van der Waals surface area contributed by atoms with E-state index in [9.17, 15) is 10.2 Å². The molecule has 2 rings (SSSR count). The molecule has 2 aliphatic heterocycles. The molecule has 0 aromatic carbocycles. The van der Waals surface area contributed by atoms with Crippen molar-refractivity contribution < 1.29 is 10.2 Å². The van der Waals surface area contributed by atoms with Gasteiger partial charge in [-0.1, -0.05) is 6.42 Å². The molecular weight excluding hydrogens is 192 g/mol. The number of aliphatic hydroxyl groups excluding tert-OH is 1. The van der Waals surface area contributed by atoms with Gasteiger partial charge in [0.25, 0.3) is 0 Å². The molecule has 0 spiro atoms. The fraction of sp³-hybridized carbons (Fsp3) is 1.00. The van der Waals surface area contributed by atoms with Crippen molar-refractivity contribution >= 4 is 0 Å². The van der Waals surface area contributed by atoms with Crippen molar-refractivity contribution in [2.75, 3.05) is 26.2 Å². The predicted octanol–water partition coefficient (Wildman–Crippen LogP) is -0.444. The second-order valence-electron chi connectivity index (χ2n) is 4.99. The van der Waals surface area contributed by atoms with Crippen LogP contribution >= 0.6 is 0 Å². The Hall–Kier alpha value is -0.160. The van der Waals surface area contributed by atoms with E-state index in [0.29, 0.717) is 13.1 Å². The summed E-state index contributed by atoms with van der Waals surface area (Å²) in [7, 11) is 0. The summed E-state index contributed by atoms with van der Waals surface area (Å²) in [4.78, 5) is 2.28. The summed E-state index contributed by atoms with van der Waals surface area (Å²) < 4.78 is 0. The van der Waals surface area contributed by atoms with Crippen molar-refractivity contribution in [3.63, 3.8) is 0 Å². The van der Waals surface area contributed by atoms with Crippen LogP contribution in [0.2, 0.25) is 0 Å². The van der Waals surface area contributed by atoms with E-state index in [-0.39, 0.29) is 18.7 Å². The van der Waals surface area contributed by atoms with Crippen molar-refractivity contribution in [3.8, 4) is 0 Å². The van der Waals surface area contributed by atoms with Crippen LogP contribution in [0.4, 0.5) is 0 Å². The molecule has 88 valence electrons. The van der Waals surface area contributed by atoms with Crippen LogP contribution in [0.15, 0.2) is 0 Å². The maximum absolute atomic E-state index is 10.4. The van der Waals surface area contributed by atoms with Crippen LogP contribution in [0, 0.1) is 0 Å². The lowest BCUT2D eigenvalue weighted by Gasteiger charge is -2.51. The summed E-state index contributed by atoms with van der Waals surface area (Å²) in [5.41, 5.74) is -0.552. The molecule has 2 fully saturated rings. The molecule has 2 saturated heterocycles. The highest BCUT2D eigenvalue weighted by atomic mass is 16.3. The number of rotatable bonds is 3. The maximum atomic E-state index is 10.4. The van der Waals surface area contributed by atoms with E-state index in [0.717, 1.165) is 13.0 Å². The Labute approximate surface area is 91.3 Å². The molecule has 2 heterocycles. The number of hydrogen-bond acceptors (Lipinski definition) is 4. The molecular formula is C11H22N2O2. The zero-order valence-corrected chi connectivity index (χ0v) is 9.45. The van der Waals surface area contributed by atoms with Crippen LogP contribution in [0.25, 0.3) is 0 Å². The molecule has 0 aromatic heterocycles. The molecule has 3 N–H and O–H groups in total. The lowest BCUT2D eigenvalue weighted by molar-refractivity contribution is -0.108. The first-order valence-electron chi connectivity index (χ1n) is 5.97. The Morgan fingerprint density at radius 1 is 1.47 bits per heavy atom. The lowest BCUT2D eigenvalue weighted by Crippen LogP contribution is -2.71. The molecule has 2 aliphatic rings. The van der Waals surface area contributed by atoms with Gasteiger partial charge in [0.1, 0.15) is 5.60 Å². The van der Waals surface area contributed by atoms with Gasteiger partial charge in [0.2, 0.25) is 0 Å². The molecule has 15 heavy (non-hydrogen) atoms. The standard InChI is InChI=1S/C11H22N2O2/c1-9(6-14)13-5-3-2-4-10(13)11(15)7-12-8-11/h9-10,12,14-15H,2-8H2,1H3/t9-,10-/m0/s1. The largest absolute Gasteiger partial charge is 0.395 e. The van der Waals surface area contributed by atoms with E-state index in [4.69, 9.17) is 0 Å². The number of hydrogen-bond donors (Lipinski definition) is 3. The Morgan fingerprint density at radius 2 is 2.20 bits per heavy atom. The van der Waals surface area contributed by atoms with Crippen molar-refractivity contribution in [1.82, 2.24) is 10.2 Å². The summed E-state index contributed by atoms with van der Waals surface area (Å²) >= 11 is 0. The molecule has 0 radical (unpaired) electrons. The van der Waals surface area contributed by atoms with Crippen molar-refractivity contribution in [2.45, 2.75) is 43.9 Å². The quantitative estimate of drug-likeness (QED) is 0.596. The summed E-state index contributed by atoms with van der Waals surface area (Å²) in [5, 5.41) is 22.7. The van der Waals surface area contributed by atoms with E-state index in [1.54, 1.807) is 0 Å². The van der Waals surface area contributed by atoms with Gasteiger partial charge in [0, 0.05) is 25.2 Å². The number of nitrogens with one attached hydrogen (secondary N) is 1. The smallest absolute Gasteiger partial charge is 0.105 e. The van der Waals surface area contributed by atoms with E-state index >= 15 is 0 Å². The third-order valence-electron chi connectivity index (χ3n) is 3.86. The Balaban J connectivity index is 2.05. The molecule has 0 unspecified atom stereocenters. The molecule has 0 aromatic rings. The minimum absolute atomic E-state index is 0.167. The first-order chi connectivity index (χ1) is 7.17. The minimum Gasteiger partial charge on any atom is -0.395 e. The number of aliphatic hydroxyl groups is 2. The van der Waals surface area contributed by atoms with E-state index in [1.165, 1.54) is 12.8 Å². The SMILES string of the molecule is C[C@@H](CO)N1CCCC[C@H]1C1(O)CNC1. The van der Waals surface area contributed by atoms with E-state index < -0.39 is 5.60 Å². The Morgan fingerprint density at radius 3 is 2.73 bits per heavy atom. The Bertz CT molecular complexity index is 219. The number of piperidine rings is 1. The van der Waals surface area contributed by atoms with Crippen LogP contribution in [0.1, 0.15) is 26.2 Å². The van der Waals surface area contributed by atoms with Gasteiger partial charge in [0.15, 0.2) is 0 Å². The van der Waals surface area contributed by atoms with Crippen molar-refractivity contribution in [2.24, 2.45) is 0 Å². The monoisotopic (exact) mass is 214 g/mol. The maximum Gasteiger partial charge on any atom is 0.105 e. The first-order valence-corrected chi connectivity index (χ1v) is 5.97. The van der Waals surface area contributed by atoms with E-state index in [2.05, 4.69) is 10.2 Å². The third-order valence-corrected chi connectivity index (χ3v) is 3.86. The second-order valence-corrected chi connectivity index (χ2v) is 4.99. The zero-order valence-electron chi connectivity index (χ0n) is 9.45. The zero-order chi connectivity index (χ0) is 10.9. The first kappa shape index (κ1) is 11.3. The lowest BCUT2D eigenvalue weighted by atomic mass is 9.81. The fourth-order valence-corrected chi connectivity index (χ4v) is 2.78. The summed E-state index contributed by atoms with van der Waals surface area (Å²) in [6, 6.07) is 0.398. The van der Waals surface area contributed by atoms with Crippen LogP contribution in [-0.4, -0.2) is 59.0 Å². The molecule has 4 heteroatoms. The molecule has 0 bridgehead atoms. The molecule has 0 aliphatic carbocycles. The van der Waals surface area contributed by atoms with Gasteiger partial charge in [-0.15, -0.1) is 0 Å². The van der Waals surface area contributed by atoms with Gasteiger partial charge in [0.05, 0.1) is 6.61 Å².